The smallest absolute Gasteiger partial charge is 0.325 e. The molecule has 0 heterocycles. The summed E-state index contributed by atoms with van der Waals surface area (Å²) in [5.74, 6) is -0.296. The van der Waals surface area contributed by atoms with E-state index in [2.05, 4.69) is 28.8 Å². The van der Waals surface area contributed by atoms with Crippen LogP contribution in [0.25, 0.3) is 0 Å². The van der Waals surface area contributed by atoms with Gasteiger partial charge in [-0.15, -0.1) is 0 Å². The average molecular weight is 338 g/mol. The maximum atomic E-state index is 12.1. The highest BCUT2D eigenvalue weighted by molar-refractivity contribution is 5.76. The second kappa shape index (κ2) is 11.1. The summed E-state index contributed by atoms with van der Waals surface area (Å²) >= 11 is 0. The molecular formula is C18H30N2O4. The Bertz CT molecular complexity index is 508. The SMILES string of the molecule is CCOC(=O)[C@@H](NC)[C@@H](Cc1cc(COC)ccc1CNC)OC. The number of hydrogen-bond donors (Lipinski definition) is 2. The summed E-state index contributed by atoms with van der Waals surface area (Å²) in [6, 6.07) is 5.75. The van der Waals surface area contributed by atoms with Crippen molar-refractivity contribution in [1.29, 1.82) is 0 Å². The summed E-state index contributed by atoms with van der Waals surface area (Å²) < 4.78 is 16.0. The van der Waals surface area contributed by atoms with Gasteiger partial charge >= 0.3 is 5.97 Å². The van der Waals surface area contributed by atoms with Crippen molar-refractivity contribution in [2.24, 2.45) is 0 Å². The Morgan fingerprint density at radius 2 is 1.96 bits per heavy atom. The molecule has 1 aromatic carbocycles. The van der Waals surface area contributed by atoms with Gasteiger partial charge in [-0.25, -0.2) is 0 Å². The van der Waals surface area contributed by atoms with Gasteiger partial charge in [-0.2, -0.15) is 0 Å². The van der Waals surface area contributed by atoms with E-state index in [9.17, 15) is 4.79 Å². The first-order valence-corrected chi connectivity index (χ1v) is 8.22. The number of nitrogens with one attached hydrogen (secondary N) is 2. The van der Waals surface area contributed by atoms with Gasteiger partial charge in [-0.3, -0.25) is 4.79 Å². The Balaban J connectivity index is 3.03. The Kier molecular flexibility index (Phi) is 9.56. The highest BCUT2D eigenvalue weighted by Crippen LogP contribution is 2.18. The van der Waals surface area contributed by atoms with Gasteiger partial charge in [0.1, 0.15) is 6.04 Å². The number of carbonyl (C=O) groups excluding carboxylic acids is 1. The molecule has 1 aromatic rings. The van der Waals surface area contributed by atoms with E-state index in [1.807, 2.05) is 7.05 Å². The molecule has 0 aromatic heterocycles. The topological polar surface area (TPSA) is 68.8 Å². The fourth-order valence-corrected chi connectivity index (χ4v) is 2.73. The molecule has 0 radical (unpaired) electrons. The Morgan fingerprint density at radius 1 is 1.21 bits per heavy atom. The zero-order valence-corrected chi connectivity index (χ0v) is 15.3. The van der Waals surface area contributed by atoms with E-state index in [-0.39, 0.29) is 12.1 Å². The molecule has 2 atom stereocenters. The number of likely N-dealkylation sites (N-methyl/N-ethyl adjacent to an activating group) is 1. The predicted octanol–water partition coefficient (Wildman–Crippen LogP) is 1.26. The van der Waals surface area contributed by atoms with Crippen LogP contribution in [0.4, 0.5) is 0 Å². The number of carbonyl (C=O) groups is 1. The molecular weight excluding hydrogens is 308 g/mol. The number of rotatable bonds is 11. The van der Waals surface area contributed by atoms with Gasteiger partial charge in [-0.05, 0) is 37.7 Å². The van der Waals surface area contributed by atoms with Crippen molar-refractivity contribution in [1.82, 2.24) is 10.6 Å². The predicted molar refractivity (Wildman–Crippen MR) is 93.9 cm³/mol. The second-order valence-electron chi connectivity index (χ2n) is 5.56. The molecule has 136 valence electrons. The molecule has 24 heavy (non-hydrogen) atoms. The van der Waals surface area contributed by atoms with Crippen LogP contribution in [-0.4, -0.2) is 53.0 Å². The van der Waals surface area contributed by atoms with Gasteiger partial charge in [0, 0.05) is 27.2 Å². The monoisotopic (exact) mass is 338 g/mol. The number of ether oxygens (including phenoxy) is 3. The van der Waals surface area contributed by atoms with E-state index in [1.54, 1.807) is 28.2 Å². The highest BCUT2D eigenvalue weighted by atomic mass is 16.5. The lowest BCUT2D eigenvalue weighted by molar-refractivity contribution is -0.149. The molecule has 0 saturated carbocycles. The van der Waals surface area contributed by atoms with Crippen LogP contribution in [0.3, 0.4) is 0 Å². The van der Waals surface area contributed by atoms with Crippen LogP contribution in [-0.2, 0) is 38.6 Å². The lowest BCUT2D eigenvalue weighted by Crippen LogP contribution is -2.47. The van der Waals surface area contributed by atoms with E-state index in [0.29, 0.717) is 19.6 Å². The molecule has 6 nitrogen and oxygen atoms in total. The number of hydrogen-bond acceptors (Lipinski definition) is 6. The summed E-state index contributed by atoms with van der Waals surface area (Å²) in [5.41, 5.74) is 3.41. The lowest BCUT2D eigenvalue weighted by atomic mass is 9.95. The number of methoxy groups -OCH3 is 2. The maximum absolute atomic E-state index is 12.1. The van der Waals surface area contributed by atoms with E-state index >= 15 is 0 Å². The van der Waals surface area contributed by atoms with E-state index in [4.69, 9.17) is 14.2 Å². The normalized spacial score (nSPS) is 13.5. The first-order valence-electron chi connectivity index (χ1n) is 8.22. The van der Waals surface area contributed by atoms with Crippen molar-refractivity contribution in [3.05, 3.63) is 34.9 Å². The first kappa shape index (κ1) is 20.6. The number of benzene rings is 1. The molecule has 0 aliphatic carbocycles. The molecule has 0 bridgehead atoms. The molecule has 0 fully saturated rings. The van der Waals surface area contributed by atoms with Crippen LogP contribution in [0.5, 0.6) is 0 Å². The van der Waals surface area contributed by atoms with E-state index < -0.39 is 6.04 Å². The largest absolute Gasteiger partial charge is 0.465 e. The first-order chi connectivity index (χ1) is 11.6. The molecule has 0 spiro atoms. The quantitative estimate of drug-likeness (QED) is 0.592. The number of esters is 1. The minimum Gasteiger partial charge on any atom is -0.465 e. The van der Waals surface area contributed by atoms with Crippen LogP contribution in [0.2, 0.25) is 0 Å². The molecule has 0 aliphatic heterocycles. The summed E-state index contributed by atoms with van der Waals surface area (Å²) in [6.07, 6.45) is 0.289. The van der Waals surface area contributed by atoms with Crippen LogP contribution in [0.15, 0.2) is 18.2 Å². The summed E-state index contributed by atoms with van der Waals surface area (Å²) in [5, 5.41) is 6.18. The lowest BCUT2D eigenvalue weighted by Gasteiger charge is -2.25. The molecule has 0 saturated heterocycles. The van der Waals surface area contributed by atoms with Gasteiger partial charge in [0.25, 0.3) is 0 Å². The summed E-state index contributed by atoms with van der Waals surface area (Å²) in [4.78, 5) is 12.1. The van der Waals surface area contributed by atoms with Crippen molar-refractivity contribution >= 4 is 5.97 Å². The van der Waals surface area contributed by atoms with Crippen LogP contribution >= 0.6 is 0 Å². The average Bonchev–Trinajstić information content (AvgIpc) is 2.57. The van der Waals surface area contributed by atoms with Crippen molar-refractivity contribution in [2.45, 2.75) is 38.6 Å². The van der Waals surface area contributed by atoms with Crippen LogP contribution < -0.4 is 10.6 Å². The third-order valence-electron chi connectivity index (χ3n) is 3.90. The van der Waals surface area contributed by atoms with Gasteiger partial charge in [0.05, 0.1) is 19.3 Å². The summed E-state index contributed by atoms with van der Waals surface area (Å²) in [6.45, 7) is 3.45. The molecule has 0 unspecified atom stereocenters. The van der Waals surface area contributed by atoms with Gasteiger partial charge < -0.3 is 24.8 Å². The van der Waals surface area contributed by atoms with Gasteiger partial charge in [0.2, 0.25) is 0 Å². The maximum Gasteiger partial charge on any atom is 0.325 e. The van der Waals surface area contributed by atoms with Crippen molar-refractivity contribution < 1.29 is 19.0 Å². The molecule has 2 N–H and O–H groups in total. The van der Waals surface area contributed by atoms with Crippen LogP contribution in [0, 0.1) is 0 Å². The molecule has 0 aliphatic rings. The van der Waals surface area contributed by atoms with Gasteiger partial charge in [-0.1, -0.05) is 18.2 Å². The van der Waals surface area contributed by atoms with E-state index in [0.717, 1.165) is 17.7 Å². The summed E-state index contributed by atoms with van der Waals surface area (Å²) in [7, 11) is 6.95. The molecule has 0 amide bonds. The Hall–Kier alpha value is -1.47. The van der Waals surface area contributed by atoms with Crippen molar-refractivity contribution in [2.75, 3.05) is 34.9 Å². The fourth-order valence-electron chi connectivity index (χ4n) is 2.73. The van der Waals surface area contributed by atoms with Crippen molar-refractivity contribution in [3.8, 4) is 0 Å². The minimum atomic E-state index is -0.511. The second-order valence-corrected chi connectivity index (χ2v) is 5.56. The standard InChI is InChI=1S/C18H30N2O4/c1-6-24-18(21)17(20-3)16(23-5)10-15-9-13(12-22-4)7-8-14(15)11-19-2/h7-9,16-17,19-20H,6,10-12H2,1-5H3/t16-,17+/m1/s1. The van der Waals surface area contributed by atoms with Gasteiger partial charge in [0.15, 0.2) is 0 Å². The third kappa shape index (κ3) is 5.87. The third-order valence-corrected chi connectivity index (χ3v) is 3.90. The van der Waals surface area contributed by atoms with Crippen LogP contribution in [0.1, 0.15) is 23.6 Å². The Labute approximate surface area is 144 Å². The molecule has 1 rings (SSSR count). The molecule has 6 heteroatoms. The fraction of sp³-hybridized carbons (Fsp3) is 0.611. The zero-order valence-electron chi connectivity index (χ0n) is 15.3. The minimum absolute atomic E-state index is 0.296. The Morgan fingerprint density at radius 3 is 2.50 bits per heavy atom. The van der Waals surface area contributed by atoms with Crippen molar-refractivity contribution in [3.63, 3.8) is 0 Å². The van der Waals surface area contributed by atoms with E-state index in [1.165, 1.54) is 5.56 Å². The zero-order chi connectivity index (χ0) is 17.9. The highest BCUT2D eigenvalue weighted by Gasteiger charge is 2.29.